The topological polar surface area (TPSA) is 55.8 Å². The van der Waals surface area contributed by atoms with Gasteiger partial charge in [-0.05, 0) is 25.1 Å². The fraction of sp³-hybridized carbons (Fsp3) is 0.250. The molecule has 28 heavy (non-hydrogen) atoms. The average Bonchev–Trinajstić information content (AvgIpc) is 3.02. The van der Waals surface area contributed by atoms with E-state index in [1.54, 1.807) is 18.0 Å². The maximum absolute atomic E-state index is 12.4. The van der Waals surface area contributed by atoms with Crippen molar-refractivity contribution in [3.8, 4) is 5.75 Å². The van der Waals surface area contributed by atoms with Crippen LogP contribution in [0.5, 0.6) is 5.75 Å². The van der Waals surface area contributed by atoms with E-state index in [0.29, 0.717) is 33.8 Å². The predicted octanol–water partition coefficient (Wildman–Crippen LogP) is 4.78. The molecular weight excluding hydrogens is 466 g/mol. The first-order valence-corrected chi connectivity index (χ1v) is 10.6. The summed E-state index contributed by atoms with van der Waals surface area (Å²) in [6, 6.07) is 5.39. The molecule has 0 radical (unpaired) electrons. The van der Waals surface area contributed by atoms with Gasteiger partial charge in [-0.3, -0.25) is 0 Å². The zero-order valence-electron chi connectivity index (χ0n) is 15.5. The van der Waals surface area contributed by atoms with Gasteiger partial charge in [0.15, 0.2) is 5.94 Å². The van der Waals surface area contributed by atoms with E-state index in [4.69, 9.17) is 21.1 Å². The highest BCUT2D eigenvalue weighted by Gasteiger charge is 2.33. The third kappa shape index (κ3) is 3.63. The number of alkyl halides is 1. The van der Waals surface area contributed by atoms with E-state index in [1.165, 1.54) is 18.4 Å². The average molecular weight is 483 g/mol. The Balaban J connectivity index is 2.28. The Hall–Kier alpha value is -2.05. The number of carbonyl (C=O) groups excluding carboxylic acids is 2. The highest BCUT2D eigenvalue weighted by molar-refractivity contribution is 9.09. The van der Waals surface area contributed by atoms with Gasteiger partial charge in [0.2, 0.25) is 0 Å². The number of thiophene rings is 1. The van der Waals surface area contributed by atoms with E-state index in [9.17, 15) is 9.59 Å². The molecule has 1 aliphatic rings. The van der Waals surface area contributed by atoms with E-state index in [0.717, 1.165) is 20.9 Å². The van der Waals surface area contributed by atoms with Crippen molar-refractivity contribution in [2.45, 2.75) is 6.92 Å². The minimum absolute atomic E-state index is 0.286. The summed E-state index contributed by atoms with van der Waals surface area (Å²) < 4.78 is 10.8. The summed E-state index contributed by atoms with van der Waals surface area (Å²) in [5.41, 5.74) is 2.78. The monoisotopic (exact) mass is 481 g/mol. The molecule has 0 N–H and O–H groups in total. The normalized spacial score (nSPS) is 13.0. The van der Waals surface area contributed by atoms with Crippen molar-refractivity contribution < 1.29 is 19.1 Å². The smallest absolute Gasteiger partial charge is 0.339 e. The van der Waals surface area contributed by atoms with Crippen molar-refractivity contribution in [3.05, 3.63) is 55.9 Å². The molecule has 2 aromatic rings. The van der Waals surface area contributed by atoms with Crippen LogP contribution >= 0.6 is 38.9 Å². The van der Waals surface area contributed by atoms with Crippen LogP contribution in [0.25, 0.3) is 11.3 Å². The Labute approximate surface area is 180 Å². The third-order valence-corrected chi connectivity index (χ3v) is 5.99. The maximum atomic E-state index is 12.4. The molecule has 0 saturated carbocycles. The van der Waals surface area contributed by atoms with Gasteiger partial charge >= 0.3 is 5.97 Å². The number of ether oxygens (including phenoxy) is 2. The fourth-order valence-corrected chi connectivity index (χ4v) is 4.60. The van der Waals surface area contributed by atoms with Crippen LogP contribution in [0.3, 0.4) is 0 Å². The van der Waals surface area contributed by atoms with Crippen LogP contribution in [0.4, 0.5) is 0 Å². The number of carbonyl (C=O) groups is 1. The summed E-state index contributed by atoms with van der Waals surface area (Å²) in [5.74, 6) is 2.14. The van der Waals surface area contributed by atoms with Crippen LogP contribution in [-0.4, -0.2) is 42.9 Å². The summed E-state index contributed by atoms with van der Waals surface area (Å²) in [6.07, 6.45) is 1.83. The Morgan fingerprint density at radius 3 is 2.79 bits per heavy atom. The fourth-order valence-electron chi connectivity index (χ4n) is 3.10. The van der Waals surface area contributed by atoms with Crippen molar-refractivity contribution in [1.29, 1.82) is 0 Å². The molecule has 146 valence electrons. The lowest BCUT2D eigenvalue weighted by Crippen LogP contribution is -2.19. The number of hydrogen-bond donors (Lipinski definition) is 0. The molecule has 1 aliphatic heterocycles. The zero-order valence-corrected chi connectivity index (χ0v) is 18.6. The minimum Gasteiger partial charge on any atom is -0.492 e. The molecule has 8 heteroatoms. The first-order chi connectivity index (χ1) is 13.4. The summed E-state index contributed by atoms with van der Waals surface area (Å²) in [7, 11) is 3.06. The summed E-state index contributed by atoms with van der Waals surface area (Å²) in [5, 5.41) is 1.24. The Kier molecular flexibility index (Phi) is 6.30. The van der Waals surface area contributed by atoms with Crippen LogP contribution in [0, 0.1) is 6.92 Å². The molecule has 3 rings (SSSR count). The zero-order chi connectivity index (χ0) is 20.4. The molecule has 0 unspecified atom stereocenters. The summed E-state index contributed by atoms with van der Waals surface area (Å²) in [6.45, 7) is 2.32. The number of esters is 1. The molecule has 0 bridgehead atoms. The van der Waals surface area contributed by atoms with Crippen molar-refractivity contribution in [2.75, 3.05) is 26.1 Å². The maximum Gasteiger partial charge on any atom is 0.339 e. The van der Waals surface area contributed by atoms with Gasteiger partial charge in [-0.2, -0.15) is 0 Å². The minimum atomic E-state index is -0.487. The Morgan fingerprint density at radius 1 is 1.39 bits per heavy atom. The van der Waals surface area contributed by atoms with Crippen LogP contribution in [0.15, 0.2) is 24.4 Å². The van der Waals surface area contributed by atoms with Crippen molar-refractivity contribution >= 4 is 62.0 Å². The van der Waals surface area contributed by atoms with E-state index in [-0.39, 0.29) is 5.70 Å². The quantitative estimate of drug-likeness (QED) is 0.349. The Morgan fingerprint density at radius 2 is 2.14 bits per heavy atom. The molecule has 5 nitrogen and oxygen atoms in total. The first-order valence-electron chi connectivity index (χ1n) is 8.33. The lowest BCUT2D eigenvalue weighted by molar-refractivity contribution is 0.0600. The molecule has 0 atom stereocenters. The largest absolute Gasteiger partial charge is 0.492 e. The molecular formula is C20H17BrClNO4S. The van der Waals surface area contributed by atoms with E-state index in [1.807, 2.05) is 31.2 Å². The molecule has 1 aromatic carbocycles. The van der Waals surface area contributed by atoms with Gasteiger partial charge < -0.3 is 14.4 Å². The van der Waals surface area contributed by atoms with Gasteiger partial charge in [0.05, 0.1) is 19.3 Å². The van der Waals surface area contributed by atoms with E-state index in [2.05, 4.69) is 15.9 Å². The van der Waals surface area contributed by atoms with Crippen LogP contribution in [0.2, 0.25) is 5.02 Å². The first kappa shape index (κ1) is 20.7. The van der Waals surface area contributed by atoms with Gasteiger partial charge in [-0.1, -0.05) is 27.5 Å². The number of fused-ring (bicyclic) bond motifs is 1. The number of methoxy groups -OCH3 is 1. The van der Waals surface area contributed by atoms with Gasteiger partial charge in [0.1, 0.15) is 11.4 Å². The number of rotatable bonds is 5. The second-order valence-corrected chi connectivity index (χ2v) is 8.47. The standard InChI is InChI=1S/C20H17BrClNO4S/c1-11-17(20(25)26-3)18-15(10-24)23(2)9-14(19(18)28-11)13-8-12(22)4-5-16(13)27-7-6-21/h4-5,8-9H,6-7H2,1-3H3. The van der Waals surface area contributed by atoms with Crippen LogP contribution in [-0.2, 0) is 9.53 Å². The molecule has 2 heterocycles. The molecule has 1 aromatic heterocycles. The molecule has 0 saturated heterocycles. The van der Waals surface area contributed by atoms with Crippen molar-refractivity contribution in [1.82, 2.24) is 4.90 Å². The molecule has 0 fully saturated rings. The second kappa shape index (κ2) is 8.53. The highest BCUT2D eigenvalue weighted by atomic mass is 79.9. The van der Waals surface area contributed by atoms with Gasteiger partial charge in [0.25, 0.3) is 0 Å². The number of halogens is 2. The van der Waals surface area contributed by atoms with Crippen molar-refractivity contribution in [2.24, 2.45) is 0 Å². The summed E-state index contributed by atoms with van der Waals surface area (Å²) in [4.78, 5) is 27.3. The van der Waals surface area contributed by atoms with Crippen molar-refractivity contribution in [3.63, 3.8) is 0 Å². The van der Waals surface area contributed by atoms with E-state index < -0.39 is 5.97 Å². The number of aryl methyl sites for hydroxylation is 1. The lowest BCUT2D eigenvalue weighted by Gasteiger charge is -2.25. The molecule has 0 aliphatic carbocycles. The van der Waals surface area contributed by atoms with E-state index >= 15 is 0 Å². The van der Waals surface area contributed by atoms with Crippen LogP contribution < -0.4 is 4.74 Å². The second-order valence-electron chi connectivity index (χ2n) is 6.01. The molecule has 0 amide bonds. The predicted molar refractivity (Wildman–Crippen MR) is 115 cm³/mol. The number of nitrogens with zero attached hydrogens (tertiary/aromatic N) is 1. The third-order valence-electron chi connectivity index (χ3n) is 4.29. The number of benzene rings is 1. The summed E-state index contributed by atoms with van der Waals surface area (Å²) >= 11 is 11.0. The SMILES string of the molecule is COC(=O)c1c(C)sc2c1C(=C=O)N(C)C=C2c1cc(Cl)ccc1OCCBr. The van der Waals surface area contributed by atoms with Gasteiger partial charge in [-0.25, -0.2) is 9.59 Å². The lowest BCUT2D eigenvalue weighted by atomic mass is 9.94. The Bertz CT molecular complexity index is 1020. The number of hydrogen-bond acceptors (Lipinski definition) is 6. The van der Waals surface area contributed by atoms with Crippen LogP contribution in [0.1, 0.15) is 31.2 Å². The van der Waals surface area contributed by atoms with Gasteiger partial charge in [-0.15, -0.1) is 11.3 Å². The molecule has 0 spiro atoms. The highest BCUT2D eigenvalue weighted by Crippen LogP contribution is 2.46. The van der Waals surface area contributed by atoms with Gasteiger partial charge in [0, 0.05) is 50.1 Å².